The summed E-state index contributed by atoms with van der Waals surface area (Å²) in [6.07, 6.45) is 7.17. The van der Waals surface area contributed by atoms with E-state index >= 15 is 0 Å². The van der Waals surface area contributed by atoms with Crippen molar-refractivity contribution in [2.45, 2.75) is 101 Å². The van der Waals surface area contributed by atoms with Gasteiger partial charge in [0.1, 0.15) is 23.8 Å². The summed E-state index contributed by atoms with van der Waals surface area (Å²) in [5.74, 6) is -4.10. The van der Waals surface area contributed by atoms with Gasteiger partial charge in [-0.15, -0.1) is 0 Å². The fourth-order valence-electron chi connectivity index (χ4n) is 4.87. The number of hydrogen-bond acceptors (Lipinski definition) is 8. The molecule has 4 N–H and O–H groups in total. The summed E-state index contributed by atoms with van der Waals surface area (Å²) in [6.45, 7) is 9.25. The van der Waals surface area contributed by atoms with E-state index < -0.39 is 59.5 Å². The zero-order valence-electron chi connectivity index (χ0n) is 25.3. The highest BCUT2D eigenvalue weighted by Crippen LogP contribution is 2.27. The van der Waals surface area contributed by atoms with Crippen molar-refractivity contribution in [3.8, 4) is 0 Å². The number of halogens is 1. The van der Waals surface area contributed by atoms with Crippen molar-refractivity contribution in [2.24, 2.45) is 11.8 Å². The van der Waals surface area contributed by atoms with Gasteiger partial charge in [0, 0.05) is 28.9 Å². The molecule has 0 radical (unpaired) electrons. The summed E-state index contributed by atoms with van der Waals surface area (Å²) in [6, 6.07) is -3.81. The van der Waals surface area contributed by atoms with Gasteiger partial charge in [0.05, 0.1) is 12.2 Å². The van der Waals surface area contributed by atoms with Gasteiger partial charge < -0.3 is 26.2 Å². The van der Waals surface area contributed by atoms with Gasteiger partial charge in [0.25, 0.3) is 11.8 Å². The molecule has 1 saturated carbocycles. The van der Waals surface area contributed by atoms with Crippen molar-refractivity contribution < 1.29 is 28.8 Å². The van der Waals surface area contributed by atoms with E-state index in [2.05, 4.69) is 53.8 Å². The van der Waals surface area contributed by atoms with Crippen molar-refractivity contribution in [1.82, 2.24) is 36.1 Å². The molecule has 2 heterocycles. The minimum atomic E-state index is -0.997. The second kappa shape index (κ2) is 15.5. The molecule has 0 bridgehead atoms. The van der Waals surface area contributed by atoms with Crippen molar-refractivity contribution in [1.29, 1.82) is 0 Å². The molecule has 13 nitrogen and oxygen atoms in total. The van der Waals surface area contributed by atoms with E-state index in [4.69, 9.17) is 0 Å². The van der Waals surface area contributed by atoms with E-state index in [0.717, 1.165) is 12.8 Å². The molecule has 5 amide bonds. The smallest absolute Gasteiger partial charge is 0.289 e. The SMILES string of the molecule is CCCC(NC(=O)[C@@H]1[C@@H](I)CCN1C(=O)[C@@H](NC(=O)[C@@H](NC(=O)c1cnccn1)C(C)C)C(C)C)C(=O)C(=O)NC1CC1. The molecule has 3 rings (SSSR count). The number of Topliss-reactive ketones (excluding diaryl/α,β-unsaturated/α-hetero) is 1. The van der Waals surface area contributed by atoms with Gasteiger partial charge in [0.2, 0.25) is 23.5 Å². The monoisotopic (exact) mass is 711 g/mol. The van der Waals surface area contributed by atoms with Gasteiger partial charge in [-0.25, -0.2) is 4.98 Å². The van der Waals surface area contributed by atoms with Crippen molar-refractivity contribution >= 4 is 57.9 Å². The third-order valence-electron chi connectivity index (χ3n) is 7.48. The number of carbonyl (C=O) groups is 6. The second-order valence-electron chi connectivity index (χ2n) is 11.8. The molecule has 2 fully saturated rings. The maximum Gasteiger partial charge on any atom is 0.289 e. The van der Waals surface area contributed by atoms with Gasteiger partial charge in [-0.1, -0.05) is 63.6 Å². The number of nitrogens with one attached hydrogen (secondary N) is 4. The van der Waals surface area contributed by atoms with Crippen LogP contribution >= 0.6 is 22.6 Å². The summed E-state index contributed by atoms with van der Waals surface area (Å²) in [4.78, 5) is 88.1. The summed E-state index contributed by atoms with van der Waals surface area (Å²) < 4.78 is -0.239. The first-order chi connectivity index (χ1) is 20.3. The summed E-state index contributed by atoms with van der Waals surface area (Å²) in [5.41, 5.74) is 0.0568. The number of rotatable bonds is 14. The van der Waals surface area contributed by atoms with Crippen LogP contribution in [-0.4, -0.2) is 90.9 Å². The molecule has 0 aromatic carbocycles. The lowest BCUT2D eigenvalue weighted by molar-refractivity contribution is -0.144. The molecule has 1 aromatic rings. The molecule has 1 aromatic heterocycles. The average molecular weight is 712 g/mol. The number of amides is 5. The first kappa shape index (κ1) is 34.3. The van der Waals surface area contributed by atoms with E-state index in [1.54, 1.807) is 27.7 Å². The predicted molar refractivity (Wildman–Crippen MR) is 166 cm³/mol. The van der Waals surface area contributed by atoms with E-state index in [9.17, 15) is 28.8 Å². The number of likely N-dealkylation sites (tertiary alicyclic amines) is 1. The molecule has 43 heavy (non-hydrogen) atoms. The van der Waals surface area contributed by atoms with Crippen LogP contribution < -0.4 is 21.3 Å². The topological polar surface area (TPSA) is 180 Å². The molecule has 1 aliphatic heterocycles. The van der Waals surface area contributed by atoms with Crippen LogP contribution in [0.25, 0.3) is 0 Å². The molecule has 5 atom stereocenters. The lowest BCUT2D eigenvalue weighted by atomic mass is 9.98. The Morgan fingerprint density at radius 3 is 2.19 bits per heavy atom. The lowest BCUT2D eigenvalue weighted by Crippen LogP contribution is -2.60. The highest BCUT2D eigenvalue weighted by molar-refractivity contribution is 14.1. The zero-order valence-corrected chi connectivity index (χ0v) is 27.4. The first-order valence-corrected chi connectivity index (χ1v) is 16.1. The molecular weight excluding hydrogens is 669 g/mol. The zero-order chi connectivity index (χ0) is 31.8. The van der Waals surface area contributed by atoms with Crippen LogP contribution in [-0.2, 0) is 24.0 Å². The minimum Gasteiger partial charge on any atom is -0.347 e. The van der Waals surface area contributed by atoms with E-state index in [1.165, 1.54) is 23.5 Å². The molecular formula is C29H42IN7O6. The van der Waals surface area contributed by atoms with Crippen LogP contribution in [0.1, 0.15) is 77.2 Å². The first-order valence-electron chi connectivity index (χ1n) is 14.8. The van der Waals surface area contributed by atoms with E-state index in [-0.39, 0.29) is 40.5 Å². The number of hydrogen-bond donors (Lipinski definition) is 4. The normalized spacial score (nSPS) is 20.2. The van der Waals surface area contributed by atoms with Crippen LogP contribution in [0, 0.1) is 11.8 Å². The Bertz CT molecular complexity index is 1190. The number of aromatic nitrogens is 2. The largest absolute Gasteiger partial charge is 0.347 e. The Labute approximate surface area is 265 Å². The van der Waals surface area contributed by atoms with Crippen LogP contribution in [0.2, 0.25) is 0 Å². The Morgan fingerprint density at radius 1 is 0.953 bits per heavy atom. The third kappa shape index (κ3) is 9.16. The highest BCUT2D eigenvalue weighted by Gasteiger charge is 2.45. The Hall–Kier alpha value is -3.17. The number of nitrogens with zero attached hydrogens (tertiary/aromatic N) is 3. The molecule has 0 spiro atoms. The molecule has 1 saturated heterocycles. The number of alkyl halides is 1. The summed E-state index contributed by atoms with van der Waals surface area (Å²) in [7, 11) is 0. The highest BCUT2D eigenvalue weighted by atomic mass is 127. The lowest BCUT2D eigenvalue weighted by Gasteiger charge is -2.33. The van der Waals surface area contributed by atoms with Crippen molar-refractivity contribution in [2.75, 3.05) is 6.54 Å². The summed E-state index contributed by atoms with van der Waals surface area (Å²) in [5, 5.41) is 10.9. The van der Waals surface area contributed by atoms with Crippen molar-refractivity contribution in [3.05, 3.63) is 24.3 Å². The Balaban J connectivity index is 1.73. The summed E-state index contributed by atoms with van der Waals surface area (Å²) >= 11 is 2.12. The van der Waals surface area contributed by atoms with Crippen LogP contribution in [0.5, 0.6) is 0 Å². The fraction of sp³-hybridized carbons (Fsp3) is 0.655. The maximum absolute atomic E-state index is 13.9. The second-order valence-corrected chi connectivity index (χ2v) is 13.4. The predicted octanol–water partition coefficient (Wildman–Crippen LogP) is 0.909. The molecule has 2 aliphatic rings. The molecule has 14 heteroatoms. The van der Waals surface area contributed by atoms with Gasteiger partial charge >= 0.3 is 0 Å². The van der Waals surface area contributed by atoms with Crippen LogP contribution in [0.15, 0.2) is 18.6 Å². The van der Waals surface area contributed by atoms with Crippen molar-refractivity contribution in [3.63, 3.8) is 0 Å². The number of carbonyl (C=O) groups excluding carboxylic acids is 6. The molecule has 1 unspecified atom stereocenters. The fourth-order valence-corrected chi connectivity index (χ4v) is 5.86. The van der Waals surface area contributed by atoms with E-state index in [0.29, 0.717) is 12.8 Å². The molecule has 236 valence electrons. The standard InChI is InChI=1S/C29H42IN7O6/c1-6-7-19(24(38)28(42)33-17-8-9-17)34-27(41)23-18(30)10-13-37(23)29(43)22(16(4)5)36-26(40)21(15(2)3)35-25(39)20-14-31-11-12-32-20/h11-12,14-19,21-23H,6-10,13H2,1-5H3,(H,33,42)(H,34,41)(H,35,39)(H,36,40)/t18-,19?,21-,22-,23-/m0/s1. The van der Waals surface area contributed by atoms with Crippen LogP contribution in [0.3, 0.4) is 0 Å². The van der Waals surface area contributed by atoms with E-state index in [1.807, 2.05) is 6.92 Å². The quantitative estimate of drug-likeness (QED) is 0.125. The third-order valence-corrected chi connectivity index (χ3v) is 8.79. The Morgan fingerprint density at radius 2 is 1.63 bits per heavy atom. The van der Waals surface area contributed by atoms with Crippen LogP contribution in [0.4, 0.5) is 0 Å². The van der Waals surface area contributed by atoms with Gasteiger partial charge in [-0.05, 0) is 37.5 Å². The van der Waals surface area contributed by atoms with Gasteiger partial charge in [0.15, 0.2) is 0 Å². The minimum absolute atomic E-state index is 0.00917. The maximum atomic E-state index is 13.9. The van der Waals surface area contributed by atoms with Gasteiger partial charge in [-0.3, -0.25) is 33.8 Å². The number of ketones is 1. The average Bonchev–Trinajstić information content (AvgIpc) is 3.70. The Kier molecular flexibility index (Phi) is 12.4. The molecule has 1 aliphatic carbocycles. The van der Waals surface area contributed by atoms with Gasteiger partial charge in [-0.2, -0.15) is 0 Å².